The number of benzene rings is 2. The summed E-state index contributed by atoms with van der Waals surface area (Å²) in [4.78, 5) is 16.6. The molecule has 1 aliphatic rings. The average molecular weight is 331 g/mol. The lowest BCUT2D eigenvalue weighted by atomic mass is 10.1. The summed E-state index contributed by atoms with van der Waals surface area (Å²) in [5.74, 6) is -0.199. The molecule has 0 unspecified atom stereocenters. The molecule has 1 N–H and O–H groups in total. The SMILES string of the molecule is Cc1ccccc1N1CCN(C(=O)c2cc(Cl)ccc2O)CC1. The zero-order valence-electron chi connectivity index (χ0n) is 13.0. The molecule has 23 heavy (non-hydrogen) atoms. The highest BCUT2D eigenvalue weighted by Crippen LogP contribution is 2.25. The second kappa shape index (κ2) is 6.50. The average Bonchev–Trinajstić information content (AvgIpc) is 2.57. The van der Waals surface area contributed by atoms with Crippen molar-refractivity contribution in [2.45, 2.75) is 6.92 Å². The quantitative estimate of drug-likeness (QED) is 0.918. The highest BCUT2D eigenvalue weighted by Gasteiger charge is 2.24. The van der Waals surface area contributed by atoms with E-state index in [9.17, 15) is 9.90 Å². The van der Waals surface area contributed by atoms with Crippen LogP contribution in [0, 0.1) is 6.92 Å². The molecule has 120 valence electrons. The van der Waals surface area contributed by atoms with Gasteiger partial charge in [-0.15, -0.1) is 0 Å². The van der Waals surface area contributed by atoms with Gasteiger partial charge in [0.2, 0.25) is 0 Å². The summed E-state index contributed by atoms with van der Waals surface area (Å²) < 4.78 is 0. The molecule has 5 heteroatoms. The van der Waals surface area contributed by atoms with Crippen LogP contribution in [-0.4, -0.2) is 42.1 Å². The normalized spacial score (nSPS) is 14.9. The number of anilines is 1. The second-order valence-electron chi connectivity index (χ2n) is 5.73. The van der Waals surface area contributed by atoms with Gasteiger partial charge in [-0.05, 0) is 36.8 Å². The standard InChI is InChI=1S/C18H19ClN2O2/c1-13-4-2-3-5-16(13)20-8-10-21(11-9-20)18(23)15-12-14(19)6-7-17(15)22/h2-7,12,22H,8-11H2,1H3. The molecule has 1 heterocycles. The number of carbonyl (C=O) groups excluding carboxylic acids is 1. The first-order valence-corrected chi connectivity index (χ1v) is 8.02. The Morgan fingerprint density at radius 3 is 2.48 bits per heavy atom. The Morgan fingerprint density at radius 2 is 1.78 bits per heavy atom. The number of hydrogen-bond donors (Lipinski definition) is 1. The van der Waals surface area contributed by atoms with Gasteiger partial charge in [-0.3, -0.25) is 4.79 Å². The Kier molecular flexibility index (Phi) is 4.44. The zero-order valence-corrected chi connectivity index (χ0v) is 13.8. The summed E-state index contributed by atoms with van der Waals surface area (Å²) in [5.41, 5.74) is 2.71. The molecule has 0 bridgehead atoms. The van der Waals surface area contributed by atoms with Crippen molar-refractivity contribution < 1.29 is 9.90 Å². The molecule has 0 saturated carbocycles. The molecule has 0 atom stereocenters. The smallest absolute Gasteiger partial charge is 0.257 e. The van der Waals surface area contributed by atoms with Gasteiger partial charge in [-0.25, -0.2) is 0 Å². The molecule has 0 aromatic heterocycles. The lowest BCUT2D eigenvalue weighted by Gasteiger charge is -2.37. The van der Waals surface area contributed by atoms with E-state index in [1.807, 2.05) is 12.1 Å². The van der Waals surface area contributed by atoms with Crippen LogP contribution in [0.1, 0.15) is 15.9 Å². The van der Waals surface area contributed by atoms with Crippen LogP contribution >= 0.6 is 11.6 Å². The topological polar surface area (TPSA) is 43.8 Å². The second-order valence-corrected chi connectivity index (χ2v) is 6.16. The van der Waals surface area contributed by atoms with Gasteiger partial charge < -0.3 is 14.9 Å². The molecule has 1 saturated heterocycles. The Hall–Kier alpha value is -2.20. The van der Waals surface area contributed by atoms with Crippen LogP contribution < -0.4 is 4.90 Å². The fraction of sp³-hybridized carbons (Fsp3) is 0.278. The minimum absolute atomic E-state index is 0.0271. The largest absolute Gasteiger partial charge is 0.507 e. The number of aryl methyl sites for hydroxylation is 1. The summed E-state index contributed by atoms with van der Waals surface area (Å²) in [5, 5.41) is 10.3. The summed E-state index contributed by atoms with van der Waals surface area (Å²) in [6, 6.07) is 12.8. The van der Waals surface area contributed by atoms with Gasteiger partial charge in [-0.2, -0.15) is 0 Å². The number of hydrogen-bond acceptors (Lipinski definition) is 3. The summed E-state index contributed by atoms with van der Waals surface area (Å²) in [6.07, 6.45) is 0. The van der Waals surface area contributed by atoms with Gasteiger partial charge >= 0.3 is 0 Å². The fourth-order valence-electron chi connectivity index (χ4n) is 2.92. The number of aromatic hydroxyl groups is 1. The van der Waals surface area contributed by atoms with Crippen LogP contribution in [0.5, 0.6) is 5.75 Å². The third-order valence-electron chi connectivity index (χ3n) is 4.21. The molecule has 1 amide bonds. The van der Waals surface area contributed by atoms with Gasteiger partial charge in [0.1, 0.15) is 5.75 Å². The number of phenolic OH excluding ortho intramolecular Hbond substituents is 1. The molecule has 0 radical (unpaired) electrons. The van der Waals surface area contributed by atoms with Crippen molar-refractivity contribution in [1.29, 1.82) is 0 Å². The molecule has 1 aliphatic heterocycles. The first kappa shape index (κ1) is 15.7. The number of halogens is 1. The molecule has 2 aromatic carbocycles. The van der Waals surface area contributed by atoms with Crippen LogP contribution in [0.15, 0.2) is 42.5 Å². The number of piperazine rings is 1. The Balaban J connectivity index is 1.70. The van der Waals surface area contributed by atoms with E-state index in [2.05, 4.69) is 24.0 Å². The third kappa shape index (κ3) is 3.27. The minimum Gasteiger partial charge on any atom is -0.507 e. The third-order valence-corrected chi connectivity index (χ3v) is 4.45. The molecule has 0 aliphatic carbocycles. The van der Waals surface area contributed by atoms with E-state index in [1.54, 1.807) is 11.0 Å². The van der Waals surface area contributed by atoms with Crippen molar-refractivity contribution in [3.8, 4) is 5.75 Å². The number of phenols is 1. The summed E-state index contributed by atoms with van der Waals surface area (Å²) in [6.45, 7) is 4.89. The maximum Gasteiger partial charge on any atom is 0.257 e. The molecule has 0 spiro atoms. The van der Waals surface area contributed by atoms with Crippen molar-refractivity contribution in [3.05, 3.63) is 58.6 Å². The van der Waals surface area contributed by atoms with Crippen LogP contribution in [0.25, 0.3) is 0 Å². The number of para-hydroxylation sites is 1. The zero-order chi connectivity index (χ0) is 16.4. The van der Waals surface area contributed by atoms with Crippen molar-refractivity contribution in [2.24, 2.45) is 0 Å². The van der Waals surface area contributed by atoms with Gasteiger partial charge in [0.25, 0.3) is 5.91 Å². The van der Waals surface area contributed by atoms with Crippen molar-refractivity contribution in [2.75, 3.05) is 31.1 Å². The van der Waals surface area contributed by atoms with Crippen molar-refractivity contribution >= 4 is 23.2 Å². The molecule has 2 aromatic rings. The molecular formula is C18H19ClN2O2. The van der Waals surface area contributed by atoms with Crippen LogP contribution in [0.2, 0.25) is 5.02 Å². The van der Waals surface area contributed by atoms with Crippen LogP contribution in [0.4, 0.5) is 5.69 Å². The number of rotatable bonds is 2. The van der Waals surface area contributed by atoms with E-state index < -0.39 is 0 Å². The molecule has 1 fully saturated rings. The number of nitrogens with zero attached hydrogens (tertiary/aromatic N) is 2. The summed E-state index contributed by atoms with van der Waals surface area (Å²) >= 11 is 5.93. The lowest BCUT2D eigenvalue weighted by Crippen LogP contribution is -2.49. The van der Waals surface area contributed by atoms with E-state index in [-0.39, 0.29) is 17.2 Å². The maximum atomic E-state index is 12.6. The minimum atomic E-state index is -0.172. The molecule has 3 rings (SSSR count). The van der Waals surface area contributed by atoms with E-state index in [4.69, 9.17) is 11.6 Å². The molecular weight excluding hydrogens is 312 g/mol. The van der Waals surface area contributed by atoms with Gasteiger partial charge in [0, 0.05) is 36.9 Å². The highest BCUT2D eigenvalue weighted by atomic mass is 35.5. The first-order valence-electron chi connectivity index (χ1n) is 7.64. The van der Waals surface area contributed by atoms with Crippen molar-refractivity contribution in [1.82, 2.24) is 4.90 Å². The van der Waals surface area contributed by atoms with E-state index in [0.717, 1.165) is 13.1 Å². The highest BCUT2D eigenvalue weighted by molar-refractivity contribution is 6.31. The maximum absolute atomic E-state index is 12.6. The predicted octanol–water partition coefficient (Wildman–Crippen LogP) is 3.32. The lowest BCUT2D eigenvalue weighted by molar-refractivity contribution is 0.0743. The van der Waals surface area contributed by atoms with Crippen LogP contribution in [0.3, 0.4) is 0 Å². The predicted molar refractivity (Wildman–Crippen MR) is 92.4 cm³/mol. The van der Waals surface area contributed by atoms with Gasteiger partial charge in [0.15, 0.2) is 0 Å². The fourth-order valence-corrected chi connectivity index (χ4v) is 3.09. The van der Waals surface area contributed by atoms with Gasteiger partial charge in [-0.1, -0.05) is 29.8 Å². The van der Waals surface area contributed by atoms with Crippen molar-refractivity contribution in [3.63, 3.8) is 0 Å². The van der Waals surface area contributed by atoms with Gasteiger partial charge in [0.05, 0.1) is 5.56 Å². The van der Waals surface area contributed by atoms with E-state index in [0.29, 0.717) is 18.1 Å². The van der Waals surface area contributed by atoms with E-state index in [1.165, 1.54) is 23.4 Å². The Bertz CT molecular complexity index is 725. The summed E-state index contributed by atoms with van der Waals surface area (Å²) in [7, 11) is 0. The molecule has 4 nitrogen and oxygen atoms in total. The first-order chi connectivity index (χ1) is 11.1. The van der Waals surface area contributed by atoms with E-state index >= 15 is 0 Å². The number of amides is 1. The Morgan fingerprint density at radius 1 is 1.09 bits per heavy atom. The van der Waals surface area contributed by atoms with Crippen LogP contribution in [-0.2, 0) is 0 Å². The Labute approximate surface area is 140 Å². The number of carbonyl (C=O) groups is 1. The monoisotopic (exact) mass is 330 g/mol.